The van der Waals surface area contributed by atoms with Crippen molar-refractivity contribution in [2.75, 3.05) is 20.8 Å². The van der Waals surface area contributed by atoms with Gasteiger partial charge in [0.2, 0.25) is 5.91 Å². The topological polar surface area (TPSA) is 115 Å². The van der Waals surface area contributed by atoms with Crippen molar-refractivity contribution in [2.24, 2.45) is 16.6 Å². The molecule has 3 atom stereocenters. The van der Waals surface area contributed by atoms with E-state index in [0.717, 1.165) is 11.3 Å². The molecule has 0 fully saturated rings. The number of para-hydroxylation sites is 1. The van der Waals surface area contributed by atoms with Crippen molar-refractivity contribution < 1.29 is 23.8 Å². The SMILES string of the molecule is COCC(C)C(c1cc(C(=O)NC2CC(C)(C)Oc3ccccc32)ccc1OC)N1C(=O)CC(C)(C)N=C1N. The zero-order valence-electron chi connectivity index (χ0n) is 23.9. The van der Waals surface area contributed by atoms with Crippen LogP contribution in [0.3, 0.4) is 0 Å². The van der Waals surface area contributed by atoms with Gasteiger partial charge in [0.25, 0.3) is 5.91 Å². The van der Waals surface area contributed by atoms with E-state index in [4.69, 9.17) is 19.9 Å². The summed E-state index contributed by atoms with van der Waals surface area (Å²) in [6, 6.07) is 12.2. The number of fused-ring (bicyclic) bond motifs is 1. The molecule has 9 nitrogen and oxygen atoms in total. The zero-order chi connectivity index (χ0) is 28.5. The van der Waals surface area contributed by atoms with E-state index in [0.29, 0.717) is 29.9 Å². The van der Waals surface area contributed by atoms with Crippen LogP contribution in [-0.4, -0.2) is 54.6 Å². The third-order valence-electron chi connectivity index (χ3n) is 7.26. The van der Waals surface area contributed by atoms with Gasteiger partial charge in [-0.1, -0.05) is 25.1 Å². The number of nitrogens with zero attached hydrogens (tertiary/aromatic N) is 2. The first kappa shape index (κ1) is 28.4. The van der Waals surface area contributed by atoms with Gasteiger partial charge in [-0.15, -0.1) is 0 Å². The number of rotatable bonds is 8. The minimum Gasteiger partial charge on any atom is -0.496 e. The van der Waals surface area contributed by atoms with Crippen LogP contribution in [0.1, 0.15) is 81.0 Å². The molecule has 0 radical (unpaired) electrons. The maximum absolute atomic E-state index is 13.6. The molecule has 2 aliphatic heterocycles. The standard InChI is InChI=1S/C30H40N4O5/c1-18(17-37-6)26(34-25(35)16-29(2,3)33-28(34)31)21-14-19(12-13-23(21)38-7)27(36)32-22-15-30(4,5)39-24-11-9-8-10-20(22)24/h8-14,18,22,26H,15-17H2,1-7H3,(H2,31,33)(H,32,36). The van der Waals surface area contributed by atoms with Crippen LogP contribution in [0.5, 0.6) is 11.5 Å². The fourth-order valence-electron chi connectivity index (χ4n) is 5.62. The van der Waals surface area contributed by atoms with Crippen LogP contribution in [0.25, 0.3) is 0 Å². The monoisotopic (exact) mass is 536 g/mol. The van der Waals surface area contributed by atoms with E-state index in [1.165, 1.54) is 4.90 Å². The number of amides is 2. The Bertz CT molecular complexity index is 1270. The zero-order valence-corrected chi connectivity index (χ0v) is 23.9. The van der Waals surface area contributed by atoms with Gasteiger partial charge in [0.15, 0.2) is 5.96 Å². The summed E-state index contributed by atoms with van der Waals surface area (Å²) in [6.07, 6.45) is 0.836. The first-order valence-electron chi connectivity index (χ1n) is 13.3. The first-order chi connectivity index (χ1) is 18.4. The number of hydrogen-bond acceptors (Lipinski definition) is 7. The van der Waals surface area contributed by atoms with Crippen LogP contribution in [0.15, 0.2) is 47.5 Å². The van der Waals surface area contributed by atoms with E-state index in [1.807, 2.05) is 58.9 Å². The third kappa shape index (κ3) is 6.03. The Labute approximate surface area is 230 Å². The lowest BCUT2D eigenvalue weighted by molar-refractivity contribution is -0.132. The van der Waals surface area contributed by atoms with Crippen molar-refractivity contribution in [3.8, 4) is 11.5 Å². The van der Waals surface area contributed by atoms with Crippen LogP contribution >= 0.6 is 0 Å². The molecule has 0 spiro atoms. The molecular formula is C30H40N4O5. The van der Waals surface area contributed by atoms with E-state index in [1.54, 1.807) is 32.4 Å². The number of guanidine groups is 1. The summed E-state index contributed by atoms with van der Waals surface area (Å²) in [6.45, 7) is 10.1. The van der Waals surface area contributed by atoms with E-state index >= 15 is 0 Å². The van der Waals surface area contributed by atoms with Crippen molar-refractivity contribution in [2.45, 2.75) is 70.7 Å². The highest BCUT2D eigenvalue weighted by molar-refractivity contribution is 6.00. The number of aliphatic imine (C=N–C) groups is 1. The summed E-state index contributed by atoms with van der Waals surface area (Å²) in [7, 11) is 3.18. The number of benzene rings is 2. The van der Waals surface area contributed by atoms with Crippen molar-refractivity contribution in [3.63, 3.8) is 0 Å². The number of ether oxygens (including phenoxy) is 3. The molecule has 9 heteroatoms. The number of nitrogens with two attached hydrogens (primary N) is 1. The van der Waals surface area contributed by atoms with Gasteiger partial charge in [-0.25, -0.2) is 4.99 Å². The summed E-state index contributed by atoms with van der Waals surface area (Å²) in [5.41, 5.74) is 7.41. The molecule has 0 aliphatic carbocycles. The second kappa shape index (κ2) is 10.9. The molecule has 4 rings (SSSR count). The third-order valence-corrected chi connectivity index (χ3v) is 7.26. The highest BCUT2D eigenvalue weighted by Crippen LogP contribution is 2.41. The fraction of sp³-hybridized carbons (Fsp3) is 0.500. The van der Waals surface area contributed by atoms with Crippen molar-refractivity contribution in [3.05, 3.63) is 59.2 Å². The summed E-state index contributed by atoms with van der Waals surface area (Å²) < 4.78 is 17.3. The average molecular weight is 537 g/mol. The molecule has 0 saturated carbocycles. The molecule has 3 unspecified atom stereocenters. The van der Waals surface area contributed by atoms with Crippen LogP contribution in [-0.2, 0) is 9.53 Å². The Morgan fingerprint density at radius 3 is 2.59 bits per heavy atom. The Morgan fingerprint density at radius 1 is 1.21 bits per heavy atom. The fourth-order valence-corrected chi connectivity index (χ4v) is 5.62. The van der Waals surface area contributed by atoms with E-state index in [2.05, 4.69) is 10.3 Å². The van der Waals surface area contributed by atoms with Gasteiger partial charge in [0.05, 0.1) is 37.8 Å². The predicted octanol–water partition coefficient (Wildman–Crippen LogP) is 4.38. The summed E-state index contributed by atoms with van der Waals surface area (Å²) in [4.78, 5) is 33.1. The van der Waals surface area contributed by atoms with E-state index in [9.17, 15) is 9.59 Å². The summed E-state index contributed by atoms with van der Waals surface area (Å²) >= 11 is 0. The Morgan fingerprint density at radius 2 is 1.92 bits per heavy atom. The summed E-state index contributed by atoms with van der Waals surface area (Å²) in [5.74, 6) is 0.902. The largest absolute Gasteiger partial charge is 0.496 e. The smallest absolute Gasteiger partial charge is 0.251 e. The van der Waals surface area contributed by atoms with Crippen LogP contribution in [0.2, 0.25) is 0 Å². The molecule has 2 aliphatic rings. The lowest BCUT2D eigenvalue weighted by atomic mass is 9.88. The number of hydrogen-bond donors (Lipinski definition) is 2. The Kier molecular flexibility index (Phi) is 7.93. The van der Waals surface area contributed by atoms with Crippen molar-refractivity contribution >= 4 is 17.8 Å². The van der Waals surface area contributed by atoms with Gasteiger partial charge in [0.1, 0.15) is 17.1 Å². The van der Waals surface area contributed by atoms with Gasteiger partial charge < -0.3 is 25.3 Å². The second-order valence-electron chi connectivity index (χ2n) is 11.7. The molecule has 2 aromatic carbocycles. The molecule has 0 saturated heterocycles. The maximum atomic E-state index is 13.6. The minimum atomic E-state index is -0.591. The lowest BCUT2D eigenvalue weighted by Crippen LogP contribution is -2.53. The van der Waals surface area contributed by atoms with Gasteiger partial charge in [-0.3, -0.25) is 14.5 Å². The maximum Gasteiger partial charge on any atom is 0.251 e. The first-order valence-corrected chi connectivity index (χ1v) is 13.3. The second-order valence-corrected chi connectivity index (χ2v) is 11.7. The number of nitrogens with one attached hydrogen (secondary N) is 1. The minimum absolute atomic E-state index is 0.140. The molecule has 0 bridgehead atoms. The molecule has 2 aromatic rings. The molecule has 2 heterocycles. The van der Waals surface area contributed by atoms with Gasteiger partial charge in [-0.2, -0.15) is 0 Å². The van der Waals surface area contributed by atoms with Gasteiger partial charge >= 0.3 is 0 Å². The van der Waals surface area contributed by atoms with Crippen LogP contribution in [0, 0.1) is 5.92 Å². The van der Waals surface area contributed by atoms with Crippen molar-refractivity contribution in [1.29, 1.82) is 0 Å². The van der Waals surface area contributed by atoms with Crippen molar-refractivity contribution in [1.82, 2.24) is 10.2 Å². The van der Waals surface area contributed by atoms with Gasteiger partial charge in [-0.05, 0) is 52.0 Å². The van der Waals surface area contributed by atoms with E-state index in [-0.39, 0.29) is 36.2 Å². The number of carbonyl (C=O) groups is 2. The molecule has 210 valence electrons. The quantitative estimate of drug-likeness (QED) is 0.518. The molecule has 0 aromatic heterocycles. The summed E-state index contributed by atoms with van der Waals surface area (Å²) in [5, 5.41) is 3.20. The molecule has 2 amide bonds. The lowest BCUT2D eigenvalue weighted by Gasteiger charge is -2.40. The van der Waals surface area contributed by atoms with Crippen LogP contribution in [0.4, 0.5) is 0 Å². The van der Waals surface area contributed by atoms with Gasteiger partial charge in [0, 0.05) is 36.1 Å². The average Bonchev–Trinajstić information content (AvgIpc) is 2.84. The Hall–Kier alpha value is -3.59. The highest BCUT2D eigenvalue weighted by atomic mass is 16.5. The number of carbonyl (C=O) groups excluding carboxylic acids is 2. The normalized spacial score (nSPS) is 21.2. The number of methoxy groups -OCH3 is 2. The molecule has 3 N–H and O–H groups in total. The van der Waals surface area contributed by atoms with Crippen LogP contribution < -0.4 is 20.5 Å². The molecular weight excluding hydrogens is 496 g/mol. The van der Waals surface area contributed by atoms with E-state index < -0.39 is 17.2 Å². The highest BCUT2D eigenvalue weighted by Gasteiger charge is 2.41. The molecule has 39 heavy (non-hydrogen) atoms. The predicted molar refractivity (Wildman–Crippen MR) is 150 cm³/mol. The Balaban J connectivity index is 1.72.